The van der Waals surface area contributed by atoms with E-state index in [1.54, 1.807) is 18.2 Å². The number of nitrogens with one attached hydrogen (secondary N) is 1. The lowest BCUT2D eigenvalue weighted by atomic mass is 10.3. The number of anilines is 1. The summed E-state index contributed by atoms with van der Waals surface area (Å²) in [4.78, 5) is 0. The summed E-state index contributed by atoms with van der Waals surface area (Å²) in [6.07, 6.45) is 3.47. The van der Waals surface area contributed by atoms with Crippen LogP contribution >= 0.6 is 11.6 Å². The Morgan fingerprint density at radius 1 is 1.44 bits per heavy atom. The number of rotatable bonds is 4. The molecule has 0 spiro atoms. The van der Waals surface area contributed by atoms with E-state index in [0.29, 0.717) is 16.5 Å². The first-order valence-electron chi connectivity index (χ1n) is 4.88. The average Bonchev–Trinajstić information content (AvgIpc) is 2.90. The fourth-order valence-electron chi connectivity index (χ4n) is 1.24. The molecular weight excluding hydrogens is 250 g/mol. The van der Waals surface area contributed by atoms with Crippen LogP contribution in [0.5, 0.6) is 5.75 Å². The van der Waals surface area contributed by atoms with E-state index in [1.807, 2.05) is 0 Å². The Kier molecular flexibility index (Phi) is 2.99. The minimum atomic E-state index is -3.27. The highest BCUT2D eigenvalue weighted by molar-refractivity contribution is 7.92. The van der Waals surface area contributed by atoms with Gasteiger partial charge in [-0.05, 0) is 31.0 Å². The third kappa shape index (κ3) is 3.28. The predicted molar refractivity (Wildman–Crippen MR) is 63.6 cm³/mol. The maximum atomic E-state index is 11.0. The van der Waals surface area contributed by atoms with E-state index in [-0.39, 0.29) is 6.10 Å². The molecule has 2 rings (SSSR count). The fraction of sp³-hybridized carbons (Fsp3) is 0.400. The van der Waals surface area contributed by atoms with Crippen LogP contribution in [0.4, 0.5) is 5.69 Å². The quantitative estimate of drug-likeness (QED) is 0.904. The molecule has 0 unspecified atom stereocenters. The molecule has 0 saturated heterocycles. The summed E-state index contributed by atoms with van der Waals surface area (Å²) >= 11 is 5.97. The first kappa shape index (κ1) is 11.5. The van der Waals surface area contributed by atoms with Gasteiger partial charge in [0.15, 0.2) is 0 Å². The van der Waals surface area contributed by atoms with Crippen molar-refractivity contribution in [3.63, 3.8) is 0 Å². The minimum Gasteiger partial charge on any atom is -0.489 e. The molecule has 88 valence electrons. The summed E-state index contributed by atoms with van der Waals surface area (Å²) in [5.41, 5.74) is 0.440. The molecular formula is C10H12ClNO3S. The van der Waals surface area contributed by atoms with Gasteiger partial charge in [0.2, 0.25) is 10.0 Å². The molecule has 1 aliphatic rings. The second-order valence-corrected chi connectivity index (χ2v) is 5.99. The summed E-state index contributed by atoms with van der Waals surface area (Å²) in [6, 6.07) is 4.85. The first-order chi connectivity index (χ1) is 7.44. The van der Waals surface area contributed by atoms with Crippen molar-refractivity contribution in [2.24, 2.45) is 0 Å². The maximum Gasteiger partial charge on any atom is 0.229 e. The van der Waals surface area contributed by atoms with Gasteiger partial charge in [-0.15, -0.1) is 0 Å². The van der Waals surface area contributed by atoms with Crippen molar-refractivity contribution >= 4 is 27.3 Å². The molecule has 0 atom stereocenters. The predicted octanol–water partition coefficient (Wildman–Crippen LogP) is 2.25. The smallest absolute Gasteiger partial charge is 0.229 e. The lowest BCUT2D eigenvalue weighted by Crippen LogP contribution is -2.09. The standard InChI is InChI=1S/C10H12ClNO3S/c1-16(13,14)12-7-2-5-10(9(11)6-7)15-8-3-4-8/h2,5-6,8,12H,3-4H2,1H3. The van der Waals surface area contributed by atoms with Crippen LogP contribution in [0.2, 0.25) is 5.02 Å². The lowest BCUT2D eigenvalue weighted by Gasteiger charge is -2.09. The lowest BCUT2D eigenvalue weighted by molar-refractivity contribution is 0.303. The first-order valence-corrected chi connectivity index (χ1v) is 7.15. The zero-order valence-corrected chi connectivity index (χ0v) is 10.3. The third-order valence-corrected chi connectivity index (χ3v) is 2.96. The van der Waals surface area contributed by atoms with Crippen LogP contribution in [-0.4, -0.2) is 20.8 Å². The molecule has 0 bridgehead atoms. The third-order valence-electron chi connectivity index (χ3n) is 2.05. The SMILES string of the molecule is CS(=O)(=O)Nc1ccc(OC2CC2)c(Cl)c1. The molecule has 0 aromatic heterocycles. The summed E-state index contributed by atoms with van der Waals surface area (Å²) in [5, 5.41) is 0.417. The molecule has 1 aromatic rings. The Morgan fingerprint density at radius 3 is 2.62 bits per heavy atom. The largest absolute Gasteiger partial charge is 0.489 e. The number of benzene rings is 1. The average molecular weight is 262 g/mol. The maximum absolute atomic E-state index is 11.0. The second kappa shape index (κ2) is 4.14. The summed E-state index contributed by atoms with van der Waals surface area (Å²) in [5.74, 6) is 0.600. The van der Waals surface area contributed by atoms with Gasteiger partial charge in [-0.3, -0.25) is 4.72 Å². The zero-order valence-electron chi connectivity index (χ0n) is 8.73. The molecule has 0 amide bonds. The molecule has 0 aliphatic heterocycles. The topological polar surface area (TPSA) is 55.4 Å². The molecule has 6 heteroatoms. The van der Waals surface area contributed by atoms with Gasteiger partial charge in [-0.25, -0.2) is 8.42 Å². The van der Waals surface area contributed by atoms with E-state index in [0.717, 1.165) is 19.1 Å². The van der Waals surface area contributed by atoms with Crippen LogP contribution < -0.4 is 9.46 Å². The summed E-state index contributed by atoms with van der Waals surface area (Å²) in [6.45, 7) is 0. The van der Waals surface area contributed by atoms with Crippen molar-refractivity contribution in [3.8, 4) is 5.75 Å². The van der Waals surface area contributed by atoms with Crippen LogP contribution in [0.3, 0.4) is 0 Å². The highest BCUT2D eigenvalue weighted by atomic mass is 35.5. The highest BCUT2D eigenvalue weighted by Crippen LogP contribution is 2.33. The molecule has 16 heavy (non-hydrogen) atoms. The highest BCUT2D eigenvalue weighted by Gasteiger charge is 2.24. The van der Waals surface area contributed by atoms with Gasteiger partial charge in [0.05, 0.1) is 23.1 Å². The molecule has 1 saturated carbocycles. The number of hydrogen-bond donors (Lipinski definition) is 1. The molecule has 4 nitrogen and oxygen atoms in total. The number of halogens is 1. The Morgan fingerprint density at radius 2 is 2.12 bits per heavy atom. The number of sulfonamides is 1. The Labute approximate surface area is 99.6 Å². The molecule has 0 radical (unpaired) electrons. The second-order valence-electron chi connectivity index (χ2n) is 3.84. The van der Waals surface area contributed by atoms with Crippen LogP contribution in [0.1, 0.15) is 12.8 Å². The van der Waals surface area contributed by atoms with Crippen molar-refractivity contribution in [1.82, 2.24) is 0 Å². The van der Waals surface area contributed by atoms with E-state index in [9.17, 15) is 8.42 Å². The summed E-state index contributed by atoms with van der Waals surface area (Å²) < 4.78 is 29.9. The van der Waals surface area contributed by atoms with Crippen molar-refractivity contribution in [3.05, 3.63) is 23.2 Å². The number of hydrogen-bond acceptors (Lipinski definition) is 3. The number of ether oxygens (including phenoxy) is 1. The van der Waals surface area contributed by atoms with Crippen molar-refractivity contribution in [2.45, 2.75) is 18.9 Å². The van der Waals surface area contributed by atoms with Crippen LogP contribution in [-0.2, 0) is 10.0 Å². The Balaban J connectivity index is 2.14. The van der Waals surface area contributed by atoms with Gasteiger partial charge in [-0.1, -0.05) is 11.6 Å². The van der Waals surface area contributed by atoms with E-state index in [1.165, 1.54) is 0 Å². The molecule has 1 N–H and O–H groups in total. The van der Waals surface area contributed by atoms with Gasteiger partial charge < -0.3 is 4.74 Å². The van der Waals surface area contributed by atoms with Gasteiger partial charge in [0.25, 0.3) is 0 Å². The van der Waals surface area contributed by atoms with Crippen molar-refractivity contribution in [1.29, 1.82) is 0 Å². The van der Waals surface area contributed by atoms with E-state index in [4.69, 9.17) is 16.3 Å². The van der Waals surface area contributed by atoms with E-state index >= 15 is 0 Å². The molecule has 1 aromatic carbocycles. The zero-order chi connectivity index (χ0) is 11.8. The van der Waals surface area contributed by atoms with Gasteiger partial charge in [0.1, 0.15) is 5.75 Å². The normalized spacial score (nSPS) is 15.9. The van der Waals surface area contributed by atoms with Crippen LogP contribution in [0.15, 0.2) is 18.2 Å². The molecule has 0 heterocycles. The monoisotopic (exact) mass is 261 g/mol. The van der Waals surface area contributed by atoms with Crippen LogP contribution in [0, 0.1) is 0 Å². The summed E-state index contributed by atoms with van der Waals surface area (Å²) in [7, 11) is -3.27. The van der Waals surface area contributed by atoms with E-state index in [2.05, 4.69) is 4.72 Å². The van der Waals surface area contributed by atoms with Gasteiger partial charge in [0, 0.05) is 0 Å². The fourth-order valence-corrected chi connectivity index (χ4v) is 2.02. The Bertz CT molecular complexity index is 497. The molecule has 1 fully saturated rings. The Hall–Kier alpha value is -0.940. The van der Waals surface area contributed by atoms with E-state index < -0.39 is 10.0 Å². The van der Waals surface area contributed by atoms with Crippen molar-refractivity contribution in [2.75, 3.05) is 11.0 Å². The van der Waals surface area contributed by atoms with Gasteiger partial charge >= 0.3 is 0 Å². The molecule has 1 aliphatic carbocycles. The van der Waals surface area contributed by atoms with Crippen molar-refractivity contribution < 1.29 is 13.2 Å². The minimum absolute atomic E-state index is 0.270. The van der Waals surface area contributed by atoms with Gasteiger partial charge in [-0.2, -0.15) is 0 Å². The van der Waals surface area contributed by atoms with Crippen LogP contribution in [0.25, 0.3) is 0 Å².